The van der Waals surface area contributed by atoms with Crippen LogP contribution >= 0.6 is 11.3 Å². The zero-order valence-electron chi connectivity index (χ0n) is 13.1. The number of nitrogens with one attached hydrogen (secondary N) is 1. The maximum Gasteiger partial charge on any atom is 0.251 e. The third-order valence-corrected chi connectivity index (χ3v) is 4.35. The first-order chi connectivity index (χ1) is 11.7. The van der Waals surface area contributed by atoms with Crippen LogP contribution in [0.1, 0.15) is 28.4 Å². The summed E-state index contributed by atoms with van der Waals surface area (Å²) in [5.74, 6) is -0.139. The first kappa shape index (κ1) is 16.4. The van der Waals surface area contributed by atoms with Crippen LogP contribution in [-0.4, -0.2) is 22.5 Å². The third-order valence-electron chi connectivity index (χ3n) is 3.76. The minimum atomic E-state index is -0.571. The van der Waals surface area contributed by atoms with E-state index >= 15 is 0 Å². The minimum absolute atomic E-state index is 0.139. The Morgan fingerprint density at radius 2 is 1.88 bits per heavy atom. The Balaban J connectivity index is 1.52. The van der Waals surface area contributed by atoms with Crippen LogP contribution in [0.25, 0.3) is 11.3 Å². The monoisotopic (exact) mass is 338 g/mol. The van der Waals surface area contributed by atoms with Crippen LogP contribution in [0, 0.1) is 0 Å². The second-order valence-corrected chi connectivity index (χ2v) is 6.14. The van der Waals surface area contributed by atoms with Gasteiger partial charge >= 0.3 is 0 Å². The van der Waals surface area contributed by atoms with Gasteiger partial charge in [-0.2, -0.15) is 0 Å². The van der Waals surface area contributed by atoms with E-state index in [2.05, 4.69) is 10.3 Å². The zero-order valence-corrected chi connectivity index (χ0v) is 13.9. The predicted octanol–water partition coefficient (Wildman–Crippen LogP) is 3.66. The van der Waals surface area contributed by atoms with Crippen molar-refractivity contribution in [1.29, 1.82) is 0 Å². The summed E-state index contributed by atoms with van der Waals surface area (Å²) in [4.78, 5) is 16.4. The second kappa shape index (κ2) is 7.86. The highest BCUT2D eigenvalue weighted by Crippen LogP contribution is 2.19. The summed E-state index contributed by atoms with van der Waals surface area (Å²) in [5.41, 5.74) is 5.15. The van der Waals surface area contributed by atoms with E-state index in [1.165, 1.54) is 0 Å². The van der Waals surface area contributed by atoms with Crippen LogP contribution in [0.5, 0.6) is 0 Å². The molecule has 0 bridgehead atoms. The van der Waals surface area contributed by atoms with Gasteiger partial charge in [-0.15, -0.1) is 11.3 Å². The lowest BCUT2D eigenvalue weighted by molar-refractivity contribution is 0.0942. The molecule has 1 atom stereocenters. The van der Waals surface area contributed by atoms with E-state index in [0.29, 0.717) is 18.5 Å². The Bertz CT molecular complexity index is 771. The molecular weight excluding hydrogens is 320 g/mol. The predicted molar refractivity (Wildman–Crippen MR) is 95.9 cm³/mol. The van der Waals surface area contributed by atoms with Gasteiger partial charge in [0.1, 0.15) is 0 Å². The first-order valence-electron chi connectivity index (χ1n) is 7.74. The van der Waals surface area contributed by atoms with Gasteiger partial charge in [0.05, 0.1) is 17.3 Å². The number of thiazole rings is 1. The Morgan fingerprint density at radius 1 is 1.12 bits per heavy atom. The lowest BCUT2D eigenvalue weighted by Gasteiger charge is -2.11. The topological polar surface area (TPSA) is 62.2 Å². The Hall–Kier alpha value is -2.50. The number of aromatic nitrogens is 1. The van der Waals surface area contributed by atoms with Crippen molar-refractivity contribution in [2.45, 2.75) is 12.5 Å². The lowest BCUT2D eigenvalue weighted by atomic mass is 10.1. The molecule has 4 nitrogen and oxygen atoms in total. The van der Waals surface area contributed by atoms with Crippen molar-refractivity contribution >= 4 is 17.2 Å². The molecule has 1 aromatic heterocycles. The molecule has 0 saturated heterocycles. The highest BCUT2D eigenvalue weighted by atomic mass is 32.1. The summed E-state index contributed by atoms with van der Waals surface area (Å²) in [6.07, 6.45) is -0.0920. The molecule has 1 heterocycles. The summed E-state index contributed by atoms with van der Waals surface area (Å²) < 4.78 is 0. The molecule has 3 rings (SSSR count). The van der Waals surface area contributed by atoms with Crippen molar-refractivity contribution in [3.8, 4) is 11.3 Å². The number of aliphatic hydroxyl groups is 1. The molecule has 122 valence electrons. The molecular formula is C19H18N2O2S. The van der Waals surface area contributed by atoms with Gasteiger partial charge in [-0.1, -0.05) is 42.5 Å². The molecule has 2 aromatic carbocycles. The largest absolute Gasteiger partial charge is 0.388 e. The van der Waals surface area contributed by atoms with Gasteiger partial charge < -0.3 is 10.4 Å². The number of benzene rings is 2. The van der Waals surface area contributed by atoms with Crippen LogP contribution in [0.15, 0.2) is 65.5 Å². The van der Waals surface area contributed by atoms with Gasteiger partial charge in [-0.25, -0.2) is 4.98 Å². The van der Waals surface area contributed by atoms with Crippen LogP contribution in [0.3, 0.4) is 0 Å². The summed E-state index contributed by atoms with van der Waals surface area (Å²) in [6, 6.07) is 16.8. The van der Waals surface area contributed by atoms with Crippen molar-refractivity contribution in [2.75, 3.05) is 6.54 Å². The fraction of sp³-hybridized carbons (Fsp3) is 0.158. The lowest BCUT2D eigenvalue weighted by Crippen LogP contribution is -2.25. The second-order valence-electron chi connectivity index (χ2n) is 5.42. The fourth-order valence-corrected chi connectivity index (χ4v) is 2.97. The number of hydrogen-bond donors (Lipinski definition) is 2. The van der Waals surface area contributed by atoms with Gasteiger partial charge in [0, 0.05) is 23.1 Å². The number of rotatable bonds is 6. The highest BCUT2D eigenvalue weighted by Gasteiger charge is 2.09. The summed E-state index contributed by atoms with van der Waals surface area (Å²) >= 11 is 1.54. The van der Waals surface area contributed by atoms with E-state index < -0.39 is 6.10 Å². The van der Waals surface area contributed by atoms with Crippen molar-refractivity contribution < 1.29 is 9.90 Å². The van der Waals surface area contributed by atoms with Gasteiger partial charge in [0.25, 0.3) is 5.91 Å². The van der Waals surface area contributed by atoms with E-state index in [0.717, 1.165) is 16.8 Å². The van der Waals surface area contributed by atoms with Gasteiger partial charge in [0.2, 0.25) is 0 Å². The molecule has 0 fully saturated rings. The Morgan fingerprint density at radius 3 is 2.54 bits per heavy atom. The molecule has 0 spiro atoms. The smallest absolute Gasteiger partial charge is 0.251 e. The van der Waals surface area contributed by atoms with Crippen LogP contribution in [-0.2, 0) is 0 Å². The molecule has 0 aliphatic heterocycles. The number of amides is 1. The van der Waals surface area contributed by atoms with Crippen LogP contribution < -0.4 is 5.32 Å². The van der Waals surface area contributed by atoms with Gasteiger partial charge in [0.15, 0.2) is 0 Å². The standard InChI is InChI=1S/C19H18N2O2S/c22-18(15-4-2-1-3-5-15)10-11-20-19(23)16-8-6-14(7-9-16)17-12-24-13-21-17/h1-9,12-13,18,22H,10-11H2,(H,20,23). The van der Waals surface area contributed by atoms with E-state index in [4.69, 9.17) is 0 Å². The van der Waals surface area contributed by atoms with Crippen LogP contribution in [0.4, 0.5) is 0 Å². The molecule has 0 saturated carbocycles. The molecule has 1 unspecified atom stereocenters. The number of aliphatic hydroxyl groups excluding tert-OH is 1. The Labute approximate surface area is 144 Å². The highest BCUT2D eigenvalue weighted by molar-refractivity contribution is 7.07. The summed E-state index contributed by atoms with van der Waals surface area (Å²) in [5, 5.41) is 14.9. The summed E-state index contributed by atoms with van der Waals surface area (Å²) in [6.45, 7) is 0.419. The summed E-state index contributed by atoms with van der Waals surface area (Å²) in [7, 11) is 0. The van der Waals surface area contributed by atoms with E-state index in [-0.39, 0.29) is 5.91 Å². The van der Waals surface area contributed by atoms with Gasteiger partial charge in [-0.3, -0.25) is 4.79 Å². The molecule has 0 aliphatic rings. The normalized spacial score (nSPS) is 11.9. The van der Waals surface area contributed by atoms with Crippen LogP contribution in [0.2, 0.25) is 0 Å². The minimum Gasteiger partial charge on any atom is -0.388 e. The molecule has 24 heavy (non-hydrogen) atoms. The molecule has 5 heteroatoms. The number of carbonyl (C=O) groups is 1. The SMILES string of the molecule is O=C(NCCC(O)c1ccccc1)c1ccc(-c2cscn2)cc1. The number of carbonyl (C=O) groups excluding carboxylic acids is 1. The maximum atomic E-state index is 12.2. The maximum absolute atomic E-state index is 12.2. The van der Waals surface area contributed by atoms with E-state index in [1.54, 1.807) is 29.0 Å². The molecule has 0 aliphatic carbocycles. The third kappa shape index (κ3) is 4.07. The fourth-order valence-electron chi connectivity index (χ4n) is 2.41. The van der Waals surface area contributed by atoms with E-state index in [9.17, 15) is 9.90 Å². The van der Waals surface area contributed by atoms with Crippen molar-refractivity contribution in [1.82, 2.24) is 10.3 Å². The van der Waals surface area contributed by atoms with Gasteiger partial charge in [-0.05, 0) is 24.1 Å². The molecule has 3 aromatic rings. The van der Waals surface area contributed by atoms with Crippen molar-refractivity contribution in [2.24, 2.45) is 0 Å². The Kier molecular flexibility index (Phi) is 5.36. The number of hydrogen-bond acceptors (Lipinski definition) is 4. The number of nitrogens with zero attached hydrogens (tertiary/aromatic N) is 1. The zero-order chi connectivity index (χ0) is 16.8. The molecule has 0 radical (unpaired) electrons. The van der Waals surface area contributed by atoms with Crippen molar-refractivity contribution in [3.05, 3.63) is 76.6 Å². The first-order valence-corrected chi connectivity index (χ1v) is 8.68. The van der Waals surface area contributed by atoms with E-state index in [1.807, 2.05) is 47.8 Å². The average molecular weight is 338 g/mol. The molecule has 2 N–H and O–H groups in total. The quantitative estimate of drug-likeness (QED) is 0.721. The average Bonchev–Trinajstić information content (AvgIpc) is 3.17. The van der Waals surface area contributed by atoms with Crippen molar-refractivity contribution in [3.63, 3.8) is 0 Å². The molecule has 1 amide bonds.